The van der Waals surface area contributed by atoms with Crippen LogP contribution in [-0.2, 0) is 4.79 Å². The lowest BCUT2D eigenvalue weighted by Gasteiger charge is -2.18. The fourth-order valence-electron chi connectivity index (χ4n) is 2.22. The molecule has 0 unspecified atom stereocenters. The smallest absolute Gasteiger partial charge is 0.251 e. The van der Waals surface area contributed by atoms with Crippen LogP contribution in [0.1, 0.15) is 36.8 Å². The van der Waals surface area contributed by atoms with E-state index in [2.05, 4.69) is 36.4 Å². The van der Waals surface area contributed by atoms with Crippen molar-refractivity contribution in [3.63, 3.8) is 0 Å². The molecular weight excluding hydrogens is 302 g/mol. The average molecular weight is 325 g/mol. The summed E-state index contributed by atoms with van der Waals surface area (Å²) in [5.41, 5.74) is 4.03. The largest absolute Gasteiger partial charge is 0.352 e. The Labute approximate surface area is 142 Å². The van der Waals surface area contributed by atoms with E-state index >= 15 is 0 Å². The van der Waals surface area contributed by atoms with Crippen molar-refractivity contribution >= 4 is 18.0 Å². The zero-order chi connectivity index (χ0) is 17.7. The number of benzene rings is 1. The summed E-state index contributed by atoms with van der Waals surface area (Å²) in [4.78, 5) is 27.0. The Balaban J connectivity index is 2.19. The SMILES string of the molecule is Cc1ncc(NC=O)cc1-c1ccc(C(=O)NCC(C)(C)C)cc1. The third kappa shape index (κ3) is 4.65. The molecule has 0 radical (unpaired) electrons. The van der Waals surface area contributed by atoms with Crippen LogP contribution in [-0.4, -0.2) is 23.8 Å². The normalized spacial score (nSPS) is 11.0. The number of pyridine rings is 1. The molecule has 0 atom stereocenters. The predicted molar refractivity (Wildman–Crippen MR) is 95.9 cm³/mol. The summed E-state index contributed by atoms with van der Waals surface area (Å²) < 4.78 is 0. The number of hydrogen-bond donors (Lipinski definition) is 2. The van der Waals surface area contributed by atoms with Gasteiger partial charge in [-0.1, -0.05) is 32.9 Å². The van der Waals surface area contributed by atoms with Crippen molar-refractivity contribution in [3.05, 3.63) is 47.8 Å². The molecule has 0 fully saturated rings. The van der Waals surface area contributed by atoms with Gasteiger partial charge in [0.25, 0.3) is 5.91 Å². The Morgan fingerprint density at radius 2 is 1.88 bits per heavy atom. The number of rotatable bonds is 5. The van der Waals surface area contributed by atoms with E-state index < -0.39 is 0 Å². The standard InChI is InChI=1S/C19H23N3O2/c1-13-17(9-16(10-20-13)22-12-23)14-5-7-15(8-6-14)18(24)21-11-19(2,3)4/h5-10,12H,11H2,1-4H3,(H,21,24)(H,22,23). The van der Waals surface area contributed by atoms with Gasteiger partial charge in [-0.15, -0.1) is 0 Å². The second-order valence-corrected chi connectivity index (χ2v) is 6.94. The Kier molecular flexibility index (Phi) is 5.34. The number of amides is 2. The molecule has 2 amide bonds. The van der Waals surface area contributed by atoms with E-state index in [1.807, 2.05) is 25.1 Å². The van der Waals surface area contributed by atoms with Crippen molar-refractivity contribution in [2.75, 3.05) is 11.9 Å². The van der Waals surface area contributed by atoms with E-state index in [4.69, 9.17) is 0 Å². The van der Waals surface area contributed by atoms with Crippen LogP contribution in [0.5, 0.6) is 0 Å². The third-order valence-electron chi connectivity index (χ3n) is 3.55. The van der Waals surface area contributed by atoms with Gasteiger partial charge in [-0.2, -0.15) is 0 Å². The Morgan fingerprint density at radius 3 is 2.46 bits per heavy atom. The van der Waals surface area contributed by atoms with Crippen LogP contribution in [0.25, 0.3) is 11.1 Å². The van der Waals surface area contributed by atoms with Crippen LogP contribution in [0.15, 0.2) is 36.5 Å². The van der Waals surface area contributed by atoms with Crippen molar-refractivity contribution in [2.24, 2.45) is 5.41 Å². The summed E-state index contributed by atoms with van der Waals surface area (Å²) in [7, 11) is 0. The highest BCUT2D eigenvalue weighted by Gasteiger charge is 2.13. The number of aromatic nitrogens is 1. The monoisotopic (exact) mass is 325 g/mol. The number of carbonyl (C=O) groups is 2. The number of hydrogen-bond acceptors (Lipinski definition) is 3. The molecule has 0 saturated carbocycles. The van der Waals surface area contributed by atoms with Gasteiger partial charge in [-0.3, -0.25) is 14.6 Å². The Bertz CT molecular complexity index is 731. The molecule has 0 aliphatic carbocycles. The molecule has 1 aromatic carbocycles. The summed E-state index contributed by atoms with van der Waals surface area (Å²) in [6, 6.07) is 9.24. The highest BCUT2D eigenvalue weighted by Crippen LogP contribution is 2.25. The number of nitrogens with zero attached hydrogens (tertiary/aromatic N) is 1. The van der Waals surface area contributed by atoms with E-state index in [1.165, 1.54) is 0 Å². The molecule has 0 spiro atoms. The first-order valence-corrected chi connectivity index (χ1v) is 7.85. The van der Waals surface area contributed by atoms with Gasteiger partial charge < -0.3 is 10.6 Å². The van der Waals surface area contributed by atoms with E-state index in [1.54, 1.807) is 18.3 Å². The molecule has 2 rings (SSSR count). The summed E-state index contributed by atoms with van der Waals surface area (Å²) in [6.45, 7) is 8.76. The fourth-order valence-corrected chi connectivity index (χ4v) is 2.22. The summed E-state index contributed by atoms with van der Waals surface area (Å²) >= 11 is 0. The maximum Gasteiger partial charge on any atom is 0.251 e. The summed E-state index contributed by atoms with van der Waals surface area (Å²) in [5, 5.41) is 5.53. The van der Waals surface area contributed by atoms with Gasteiger partial charge in [0.15, 0.2) is 0 Å². The zero-order valence-corrected chi connectivity index (χ0v) is 14.5. The van der Waals surface area contributed by atoms with E-state index in [-0.39, 0.29) is 11.3 Å². The lowest BCUT2D eigenvalue weighted by Crippen LogP contribution is -2.32. The second kappa shape index (κ2) is 7.25. The molecule has 24 heavy (non-hydrogen) atoms. The van der Waals surface area contributed by atoms with Gasteiger partial charge in [0.05, 0.1) is 11.9 Å². The molecule has 0 bridgehead atoms. The molecule has 126 valence electrons. The van der Waals surface area contributed by atoms with Gasteiger partial charge in [0.1, 0.15) is 0 Å². The maximum atomic E-state index is 12.2. The van der Waals surface area contributed by atoms with Gasteiger partial charge >= 0.3 is 0 Å². The molecule has 2 aromatic rings. The number of anilines is 1. The topological polar surface area (TPSA) is 71.1 Å². The zero-order valence-electron chi connectivity index (χ0n) is 14.5. The summed E-state index contributed by atoms with van der Waals surface area (Å²) in [5.74, 6) is -0.0808. The number of nitrogens with one attached hydrogen (secondary N) is 2. The molecule has 1 heterocycles. The van der Waals surface area contributed by atoms with Crippen LogP contribution in [0, 0.1) is 12.3 Å². The third-order valence-corrected chi connectivity index (χ3v) is 3.55. The van der Waals surface area contributed by atoms with Crippen LogP contribution < -0.4 is 10.6 Å². The fraction of sp³-hybridized carbons (Fsp3) is 0.316. The molecule has 2 N–H and O–H groups in total. The molecule has 0 saturated heterocycles. The number of aryl methyl sites for hydroxylation is 1. The highest BCUT2D eigenvalue weighted by atomic mass is 16.1. The minimum Gasteiger partial charge on any atom is -0.352 e. The average Bonchev–Trinajstić information content (AvgIpc) is 2.54. The maximum absolute atomic E-state index is 12.2. The molecular formula is C19H23N3O2. The summed E-state index contributed by atoms with van der Waals surface area (Å²) in [6.07, 6.45) is 2.24. The minimum absolute atomic E-state index is 0.0460. The van der Waals surface area contributed by atoms with Crippen molar-refractivity contribution in [2.45, 2.75) is 27.7 Å². The first-order valence-electron chi connectivity index (χ1n) is 7.85. The van der Waals surface area contributed by atoms with Crippen LogP contribution >= 0.6 is 0 Å². The van der Waals surface area contributed by atoms with Crippen molar-refractivity contribution < 1.29 is 9.59 Å². The Hall–Kier alpha value is -2.69. The van der Waals surface area contributed by atoms with Gasteiger partial charge in [-0.25, -0.2) is 0 Å². The van der Waals surface area contributed by atoms with Crippen LogP contribution in [0.3, 0.4) is 0 Å². The van der Waals surface area contributed by atoms with Gasteiger partial charge in [-0.05, 0) is 36.1 Å². The lowest BCUT2D eigenvalue weighted by atomic mass is 9.96. The Morgan fingerprint density at radius 1 is 1.21 bits per heavy atom. The van der Waals surface area contributed by atoms with Gasteiger partial charge in [0.2, 0.25) is 6.41 Å². The van der Waals surface area contributed by atoms with E-state index in [0.29, 0.717) is 24.2 Å². The molecule has 0 aliphatic heterocycles. The van der Waals surface area contributed by atoms with Crippen molar-refractivity contribution in [1.29, 1.82) is 0 Å². The first kappa shape index (κ1) is 17.7. The van der Waals surface area contributed by atoms with Crippen LogP contribution in [0.4, 0.5) is 5.69 Å². The van der Waals surface area contributed by atoms with Crippen LogP contribution in [0.2, 0.25) is 0 Å². The number of carbonyl (C=O) groups excluding carboxylic acids is 2. The minimum atomic E-state index is -0.0808. The first-order chi connectivity index (χ1) is 11.3. The molecule has 0 aliphatic rings. The van der Waals surface area contributed by atoms with Gasteiger partial charge in [0, 0.05) is 23.4 Å². The second-order valence-electron chi connectivity index (χ2n) is 6.94. The molecule has 5 nitrogen and oxygen atoms in total. The van der Waals surface area contributed by atoms with Crippen molar-refractivity contribution in [3.8, 4) is 11.1 Å². The van der Waals surface area contributed by atoms with E-state index in [9.17, 15) is 9.59 Å². The molecule has 5 heteroatoms. The predicted octanol–water partition coefficient (Wildman–Crippen LogP) is 3.40. The molecule has 1 aromatic heterocycles. The highest BCUT2D eigenvalue weighted by molar-refractivity contribution is 5.94. The van der Waals surface area contributed by atoms with E-state index in [0.717, 1.165) is 16.8 Å². The lowest BCUT2D eigenvalue weighted by molar-refractivity contribution is -0.105. The van der Waals surface area contributed by atoms with Crippen molar-refractivity contribution in [1.82, 2.24) is 10.3 Å². The quantitative estimate of drug-likeness (QED) is 0.828.